The van der Waals surface area contributed by atoms with Crippen molar-refractivity contribution in [3.63, 3.8) is 0 Å². The second-order valence-electron chi connectivity index (χ2n) is 7.47. The van der Waals surface area contributed by atoms with Gasteiger partial charge in [-0.1, -0.05) is 19.1 Å². The molecule has 1 saturated heterocycles. The molecule has 2 aromatic carbocycles. The summed E-state index contributed by atoms with van der Waals surface area (Å²) in [6.07, 6.45) is 0. The highest BCUT2D eigenvalue weighted by molar-refractivity contribution is 7.89. The lowest BCUT2D eigenvalue weighted by atomic mass is 10.1. The van der Waals surface area contributed by atoms with E-state index in [1.165, 1.54) is 16.4 Å². The average Bonchev–Trinajstić information content (AvgIpc) is 2.75. The second kappa shape index (κ2) is 9.59. The zero-order valence-electron chi connectivity index (χ0n) is 17.7. The fourth-order valence-corrected chi connectivity index (χ4v) is 4.77. The molecule has 1 aliphatic heterocycles. The monoisotopic (exact) mass is 431 g/mol. The maximum atomic E-state index is 12.8. The summed E-state index contributed by atoms with van der Waals surface area (Å²) in [6, 6.07) is 12.1. The largest absolute Gasteiger partial charge is 0.483 e. The Morgan fingerprint density at radius 2 is 1.70 bits per heavy atom. The summed E-state index contributed by atoms with van der Waals surface area (Å²) in [5, 5.41) is 2.74. The van der Waals surface area contributed by atoms with Crippen LogP contribution in [0.5, 0.6) is 5.75 Å². The van der Waals surface area contributed by atoms with Crippen molar-refractivity contribution in [3.8, 4) is 5.75 Å². The molecule has 7 nitrogen and oxygen atoms in total. The molecule has 162 valence electrons. The summed E-state index contributed by atoms with van der Waals surface area (Å²) < 4.78 is 32.8. The number of likely N-dealkylation sites (N-methyl/N-ethyl adjacent to an activating group) is 1. The van der Waals surface area contributed by atoms with Gasteiger partial charge in [-0.15, -0.1) is 0 Å². The van der Waals surface area contributed by atoms with Crippen molar-refractivity contribution in [3.05, 3.63) is 53.6 Å². The van der Waals surface area contributed by atoms with Gasteiger partial charge >= 0.3 is 0 Å². The number of nitrogens with zero attached hydrogens (tertiary/aromatic N) is 2. The Kier molecular flexibility index (Phi) is 7.12. The number of sulfonamides is 1. The number of carbonyl (C=O) groups excluding carboxylic acids is 1. The number of hydrogen-bond acceptors (Lipinski definition) is 5. The number of benzene rings is 2. The Morgan fingerprint density at radius 3 is 2.33 bits per heavy atom. The van der Waals surface area contributed by atoms with Crippen LogP contribution in [0.1, 0.15) is 18.1 Å². The lowest BCUT2D eigenvalue weighted by Crippen LogP contribution is -2.48. The van der Waals surface area contributed by atoms with Gasteiger partial charge in [0.05, 0.1) is 4.90 Å². The number of nitrogens with one attached hydrogen (secondary N) is 1. The number of amides is 1. The summed E-state index contributed by atoms with van der Waals surface area (Å²) in [6.45, 7) is 9.23. The Hall–Kier alpha value is -2.42. The Balaban J connectivity index is 1.57. The minimum absolute atomic E-state index is 0.119. The molecule has 0 spiro atoms. The van der Waals surface area contributed by atoms with Gasteiger partial charge in [0.2, 0.25) is 10.0 Å². The van der Waals surface area contributed by atoms with E-state index in [9.17, 15) is 13.2 Å². The van der Waals surface area contributed by atoms with Crippen LogP contribution in [0.15, 0.2) is 47.4 Å². The van der Waals surface area contributed by atoms with Gasteiger partial charge in [0.25, 0.3) is 5.91 Å². The van der Waals surface area contributed by atoms with Crippen LogP contribution in [0, 0.1) is 13.8 Å². The number of rotatable bonds is 7. The van der Waals surface area contributed by atoms with E-state index in [0.717, 1.165) is 30.8 Å². The van der Waals surface area contributed by atoms with Crippen LogP contribution in [0.3, 0.4) is 0 Å². The summed E-state index contributed by atoms with van der Waals surface area (Å²) >= 11 is 0. The number of carbonyl (C=O) groups is 1. The average molecular weight is 432 g/mol. The number of ether oxygens (including phenoxy) is 1. The highest BCUT2D eigenvalue weighted by Crippen LogP contribution is 2.21. The van der Waals surface area contributed by atoms with Gasteiger partial charge in [-0.05, 0) is 61.9 Å². The molecule has 1 aliphatic rings. The maximum absolute atomic E-state index is 12.8. The van der Waals surface area contributed by atoms with Crippen molar-refractivity contribution in [2.75, 3.05) is 44.6 Å². The van der Waals surface area contributed by atoms with E-state index in [1.807, 2.05) is 32.0 Å². The summed E-state index contributed by atoms with van der Waals surface area (Å²) in [5.41, 5.74) is 2.55. The van der Waals surface area contributed by atoms with E-state index in [1.54, 1.807) is 12.1 Å². The first-order chi connectivity index (χ1) is 14.3. The molecule has 2 aromatic rings. The first kappa shape index (κ1) is 22.3. The predicted octanol–water partition coefficient (Wildman–Crippen LogP) is 2.65. The summed E-state index contributed by atoms with van der Waals surface area (Å²) in [5.74, 6) is 0.372. The summed E-state index contributed by atoms with van der Waals surface area (Å²) in [4.78, 5) is 14.7. The number of hydrogen-bond donors (Lipinski definition) is 1. The number of aryl methyl sites for hydroxylation is 2. The smallest absolute Gasteiger partial charge is 0.262 e. The zero-order valence-corrected chi connectivity index (χ0v) is 18.5. The molecule has 1 N–H and O–H groups in total. The lowest BCUT2D eigenvalue weighted by molar-refractivity contribution is -0.118. The van der Waals surface area contributed by atoms with Crippen LogP contribution in [0.25, 0.3) is 0 Å². The molecule has 0 unspecified atom stereocenters. The molecule has 0 atom stereocenters. The predicted molar refractivity (Wildman–Crippen MR) is 117 cm³/mol. The first-order valence-corrected chi connectivity index (χ1v) is 11.6. The van der Waals surface area contributed by atoms with Crippen LogP contribution in [0.4, 0.5) is 5.69 Å². The number of anilines is 1. The van der Waals surface area contributed by atoms with Crippen molar-refractivity contribution in [1.82, 2.24) is 9.21 Å². The highest BCUT2D eigenvalue weighted by Gasteiger charge is 2.27. The van der Waals surface area contributed by atoms with Gasteiger partial charge in [0.1, 0.15) is 5.75 Å². The summed E-state index contributed by atoms with van der Waals surface area (Å²) in [7, 11) is -3.52. The molecule has 0 aliphatic carbocycles. The fraction of sp³-hybridized carbons (Fsp3) is 0.409. The minimum Gasteiger partial charge on any atom is -0.483 e. The van der Waals surface area contributed by atoms with Gasteiger partial charge in [0.15, 0.2) is 6.61 Å². The molecule has 0 bridgehead atoms. The normalized spacial score (nSPS) is 15.7. The molecule has 1 heterocycles. The quantitative estimate of drug-likeness (QED) is 0.729. The third-order valence-corrected chi connectivity index (χ3v) is 7.17. The first-order valence-electron chi connectivity index (χ1n) is 10.1. The van der Waals surface area contributed by atoms with Crippen LogP contribution in [0.2, 0.25) is 0 Å². The Bertz CT molecular complexity index is 982. The van der Waals surface area contributed by atoms with Gasteiger partial charge in [-0.2, -0.15) is 4.31 Å². The van der Waals surface area contributed by atoms with Crippen molar-refractivity contribution in [2.24, 2.45) is 0 Å². The third-order valence-electron chi connectivity index (χ3n) is 5.26. The molecule has 1 fully saturated rings. The van der Waals surface area contributed by atoms with Crippen molar-refractivity contribution < 1.29 is 17.9 Å². The molecule has 1 amide bonds. The van der Waals surface area contributed by atoms with E-state index in [4.69, 9.17) is 4.74 Å². The van der Waals surface area contributed by atoms with Crippen LogP contribution >= 0.6 is 0 Å². The molecular weight excluding hydrogens is 402 g/mol. The molecular formula is C22H29N3O4S. The standard InChI is InChI=1S/C22H29N3O4S/c1-4-24-11-13-25(14-12-24)30(27,28)20-9-7-19(8-10-20)23-22(26)16-29-21-15-17(2)5-6-18(21)3/h5-10,15H,4,11-14,16H2,1-3H3,(H,23,26). The van der Waals surface area contributed by atoms with Crippen LogP contribution < -0.4 is 10.1 Å². The third kappa shape index (κ3) is 5.38. The van der Waals surface area contributed by atoms with E-state index in [0.29, 0.717) is 24.5 Å². The van der Waals surface area contributed by atoms with Gasteiger partial charge in [-0.3, -0.25) is 4.79 Å². The van der Waals surface area contributed by atoms with E-state index < -0.39 is 10.0 Å². The van der Waals surface area contributed by atoms with E-state index in [2.05, 4.69) is 17.1 Å². The van der Waals surface area contributed by atoms with E-state index in [-0.39, 0.29) is 17.4 Å². The molecule has 30 heavy (non-hydrogen) atoms. The maximum Gasteiger partial charge on any atom is 0.262 e. The molecule has 3 rings (SSSR count). The minimum atomic E-state index is -3.52. The topological polar surface area (TPSA) is 79.0 Å². The SMILES string of the molecule is CCN1CCN(S(=O)(=O)c2ccc(NC(=O)COc3cc(C)ccc3C)cc2)CC1. The van der Waals surface area contributed by atoms with Crippen molar-refractivity contribution in [2.45, 2.75) is 25.7 Å². The lowest BCUT2D eigenvalue weighted by Gasteiger charge is -2.33. The van der Waals surface area contributed by atoms with Gasteiger partial charge in [0, 0.05) is 31.9 Å². The van der Waals surface area contributed by atoms with Crippen LogP contribution in [-0.2, 0) is 14.8 Å². The molecule has 0 saturated carbocycles. The molecule has 0 radical (unpaired) electrons. The number of piperazine rings is 1. The van der Waals surface area contributed by atoms with Gasteiger partial charge in [-0.25, -0.2) is 8.42 Å². The fourth-order valence-electron chi connectivity index (χ4n) is 3.35. The van der Waals surface area contributed by atoms with Gasteiger partial charge < -0.3 is 15.0 Å². The second-order valence-corrected chi connectivity index (χ2v) is 9.41. The van der Waals surface area contributed by atoms with Crippen LogP contribution in [-0.4, -0.2) is 62.9 Å². The van der Waals surface area contributed by atoms with Crippen molar-refractivity contribution >= 4 is 21.6 Å². The Morgan fingerprint density at radius 1 is 1.03 bits per heavy atom. The van der Waals surface area contributed by atoms with E-state index >= 15 is 0 Å². The highest BCUT2D eigenvalue weighted by atomic mass is 32.2. The zero-order chi connectivity index (χ0) is 21.7. The Labute approximate surface area is 178 Å². The van der Waals surface area contributed by atoms with Crippen molar-refractivity contribution in [1.29, 1.82) is 0 Å². The molecule has 8 heteroatoms. The molecule has 0 aromatic heterocycles.